The van der Waals surface area contributed by atoms with Gasteiger partial charge in [-0.2, -0.15) is 0 Å². The van der Waals surface area contributed by atoms with Crippen molar-refractivity contribution in [2.75, 3.05) is 0 Å². The zero-order chi connectivity index (χ0) is 14.4. The predicted octanol–water partition coefficient (Wildman–Crippen LogP) is 1.73. The molecule has 1 saturated carbocycles. The summed E-state index contributed by atoms with van der Waals surface area (Å²) in [5.41, 5.74) is 0.830. The summed E-state index contributed by atoms with van der Waals surface area (Å²) in [6, 6.07) is 0. The third-order valence-corrected chi connectivity index (χ3v) is 5.13. The molecule has 19 heavy (non-hydrogen) atoms. The normalized spacial score (nSPS) is 42.2. The van der Waals surface area contributed by atoms with Crippen molar-refractivity contribution in [3.63, 3.8) is 0 Å². The molecule has 2 rings (SSSR count). The molecule has 5 atom stereocenters. The first-order valence-electron chi connectivity index (χ1n) is 6.76. The number of hydrogen-bond acceptors (Lipinski definition) is 3. The third kappa shape index (κ3) is 2.23. The van der Waals surface area contributed by atoms with Crippen molar-refractivity contribution in [1.82, 2.24) is 0 Å². The number of aliphatic carboxylic acids is 1. The fourth-order valence-corrected chi connectivity index (χ4v) is 3.61. The highest BCUT2D eigenvalue weighted by molar-refractivity contribution is 5.86. The van der Waals surface area contributed by atoms with Gasteiger partial charge in [0.25, 0.3) is 0 Å². The van der Waals surface area contributed by atoms with E-state index in [9.17, 15) is 15.0 Å². The molecule has 2 unspecified atom stereocenters. The molecule has 0 saturated heterocycles. The van der Waals surface area contributed by atoms with Crippen LogP contribution in [0.1, 0.15) is 33.1 Å². The van der Waals surface area contributed by atoms with Crippen LogP contribution < -0.4 is 0 Å². The summed E-state index contributed by atoms with van der Waals surface area (Å²) in [5.74, 6) is -1.08. The lowest BCUT2D eigenvalue weighted by atomic mass is 9.56. The first kappa shape index (κ1) is 14.3. The van der Waals surface area contributed by atoms with Crippen molar-refractivity contribution in [1.29, 1.82) is 0 Å². The Morgan fingerprint density at radius 1 is 1.47 bits per heavy atom. The van der Waals surface area contributed by atoms with Gasteiger partial charge in [0.2, 0.25) is 0 Å². The minimum absolute atomic E-state index is 0.00606. The molecule has 1 fully saturated rings. The van der Waals surface area contributed by atoms with Gasteiger partial charge >= 0.3 is 5.97 Å². The molecule has 3 N–H and O–H groups in total. The number of carbonyl (C=O) groups is 1. The average molecular weight is 266 g/mol. The fourth-order valence-electron chi connectivity index (χ4n) is 3.61. The largest absolute Gasteiger partial charge is 0.478 e. The average Bonchev–Trinajstić information content (AvgIpc) is 2.34. The lowest BCUT2D eigenvalue weighted by Gasteiger charge is -2.50. The number of allylic oxidation sites excluding steroid dienone is 1. The van der Waals surface area contributed by atoms with Crippen molar-refractivity contribution in [3.05, 3.63) is 23.8 Å². The summed E-state index contributed by atoms with van der Waals surface area (Å²) in [5, 5.41) is 29.3. The maximum atomic E-state index is 11.1. The Morgan fingerprint density at radius 2 is 2.11 bits per heavy atom. The molecule has 0 aromatic heterocycles. The van der Waals surface area contributed by atoms with E-state index in [1.165, 1.54) is 0 Å². The highest BCUT2D eigenvalue weighted by Gasteiger charge is 2.49. The van der Waals surface area contributed by atoms with Gasteiger partial charge in [-0.3, -0.25) is 0 Å². The number of rotatable bonds is 2. The summed E-state index contributed by atoms with van der Waals surface area (Å²) in [7, 11) is 0. The van der Waals surface area contributed by atoms with Gasteiger partial charge in [0.15, 0.2) is 0 Å². The zero-order valence-electron chi connectivity index (χ0n) is 11.5. The Balaban J connectivity index is 2.32. The summed E-state index contributed by atoms with van der Waals surface area (Å²) in [6.07, 6.45) is 2.39. The minimum atomic E-state index is -0.963. The monoisotopic (exact) mass is 266 g/mol. The van der Waals surface area contributed by atoms with Crippen LogP contribution in [0.2, 0.25) is 0 Å². The lowest BCUT2D eigenvalue weighted by molar-refractivity contribution is -0.133. The van der Waals surface area contributed by atoms with Gasteiger partial charge in [0, 0.05) is 12.0 Å². The third-order valence-electron chi connectivity index (χ3n) is 5.13. The predicted molar refractivity (Wildman–Crippen MR) is 71.5 cm³/mol. The quantitative estimate of drug-likeness (QED) is 0.525. The molecule has 2 aliphatic rings. The highest BCUT2D eigenvalue weighted by Crippen LogP contribution is 2.53. The first-order valence-corrected chi connectivity index (χ1v) is 6.76. The van der Waals surface area contributed by atoms with Crippen molar-refractivity contribution >= 4 is 5.97 Å². The van der Waals surface area contributed by atoms with E-state index in [0.717, 1.165) is 5.57 Å². The fraction of sp³-hybridized carbons (Fsp3) is 0.667. The zero-order valence-corrected chi connectivity index (χ0v) is 11.5. The molecular weight excluding hydrogens is 244 g/mol. The Kier molecular flexibility index (Phi) is 3.58. The lowest BCUT2D eigenvalue weighted by Crippen LogP contribution is -2.48. The van der Waals surface area contributed by atoms with Crippen molar-refractivity contribution in [2.45, 2.75) is 45.3 Å². The smallest absolute Gasteiger partial charge is 0.331 e. The van der Waals surface area contributed by atoms with Gasteiger partial charge in [-0.1, -0.05) is 26.5 Å². The Labute approximate surface area is 113 Å². The second kappa shape index (κ2) is 4.76. The van der Waals surface area contributed by atoms with E-state index in [4.69, 9.17) is 5.11 Å². The van der Waals surface area contributed by atoms with Crippen molar-refractivity contribution in [3.8, 4) is 0 Å². The van der Waals surface area contributed by atoms with Crippen molar-refractivity contribution < 1.29 is 20.1 Å². The number of aliphatic hydroxyl groups is 2. The van der Waals surface area contributed by atoms with Crippen molar-refractivity contribution in [2.24, 2.45) is 17.3 Å². The molecule has 0 aliphatic heterocycles. The van der Waals surface area contributed by atoms with E-state index in [1.807, 2.05) is 19.9 Å². The van der Waals surface area contributed by atoms with Crippen LogP contribution >= 0.6 is 0 Å². The number of carboxylic acid groups (broad SMARTS) is 1. The van der Waals surface area contributed by atoms with Crippen LogP contribution in [0.3, 0.4) is 0 Å². The van der Waals surface area contributed by atoms with Crippen LogP contribution in [0.5, 0.6) is 0 Å². The van der Waals surface area contributed by atoms with E-state index in [-0.39, 0.29) is 22.8 Å². The number of aliphatic hydroxyl groups excluding tert-OH is 2. The molecule has 2 aliphatic carbocycles. The van der Waals surface area contributed by atoms with E-state index in [0.29, 0.717) is 19.3 Å². The van der Waals surface area contributed by atoms with Gasteiger partial charge < -0.3 is 15.3 Å². The summed E-state index contributed by atoms with van der Waals surface area (Å²) in [4.78, 5) is 11.1. The molecule has 106 valence electrons. The molecule has 4 heteroatoms. The summed E-state index contributed by atoms with van der Waals surface area (Å²) >= 11 is 0. The molecule has 0 spiro atoms. The topological polar surface area (TPSA) is 77.8 Å². The summed E-state index contributed by atoms with van der Waals surface area (Å²) in [6.45, 7) is 7.63. The Hall–Kier alpha value is -1.13. The van der Waals surface area contributed by atoms with E-state index in [2.05, 4.69) is 6.58 Å². The molecule has 0 amide bonds. The maximum Gasteiger partial charge on any atom is 0.331 e. The van der Waals surface area contributed by atoms with Gasteiger partial charge in [0.1, 0.15) is 0 Å². The van der Waals surface area contributed by atoms with Gasteiger partial charge in [-0.25, -0.2) is 4.79 Å². The SMILES string of the molecule is C=C(C(=O)O)[C@@H]1CC=C2C(O)C[C@@H](O)[C@@H](C)C2(C)C1. The highest BCUT2D eigenvalue weighted by atomic mass is 16.4. The number of carboxylic acids is 1. The van der Waals surface area contributed by atoms with Crippen LogP contribution in [0.15, 0.2) is 23.8 Å². The van der Waals surface area contributed by atoms with Crippen LogP contribution in [-0.2, 0) is 4.79 Å². The molecule has 0 radical (unpaired) electrons. The Morgan fingerprint density at radius 3 is 2.68 bits per heavy atom. The van der Waals surface area contributed by atoms with Gasteiger partial charge in [-0.15, -0.1) is 0 Å². The molecule has 0 aromatic rings. The van der Waals surface area contributed by atoms with Crippen LogP contribution in [0.25, 0.3) is 0 Å². The number of fused-ring (bicyclic) bond motifs is 1. The second-order valence-corrected chi connectivity index (χ2v) is 6.15. The summed E-state index contributed by atoms with van der Waals surface area (Å²) < 4.78 is 0. The van der Waals surface area contributed by atoms with Gasteiger partial charge in [0.05, 0.1) is 12.2 Å². The van der Waals surface area contributed by atoms with Crippen LogP contribution in [-0.4, -0.2) is 33.5 Å². The van der Waals surface area contributed by atoms with E-state index < -0.39 is 18.2 Å². The van der Waals surface area contributed by atoms with Crippen LogP contribution in [0, 0.1) is 17.3 Å². The van der Waals surface area contributed by atoms with E-state index >= 15 is 0 Å². The molecule has 0 heterocycles. The Bertz CT molecular complexity index is 439. The standard InChI is InChI=1S/C15H22O4/c1-8(14(18)19)10-4-5-11-13(17)6-12(16)9(2)15(11,3)7-10/h5,9-10,12-13,16-17H,1,4,6-7H2,2-3H3,(H,18,19)/t9-,10-,12-,13?,15?/m1/s1. The molecule has 0 bridgehead atoms. The maximum absolute atomic E-state index is 11.1. The molecule has 4 nitrogen and oxygen atoms in total. The second-order valence-electron chi connectivity index (χ2n) is 6.15. The molecule has 0 aromatic carbocycles. The number of hydrogen-bond donors (Lipinski definition) is 3. The minimum Gasteiger partial charge on any atom is -0.478 e. The van der Waals surface area contributed by atoms with E-state index in [1.54, 1.807) is 0 Å². The van der Waals surface area contributed by atoms with Crippen LogP contribution in [0.4, 0.5) is 0 Å². The first-order chi connectivity index (χ1) is 8.77. The van der Waals surface area contributed by atoms with Gasteiger partial charge in [-0.05, 0) is 35.7 Å². The molecular formula is C15H22O4.